The Bertz CT molecular complexity index is 2670. The molecule has 328 valence electrons. The summed E-state index contributed by atoms with van der Waals surface area (Å²) >= 11 is 0. The highest BCUT2D eigenvalue weighted by Crippen LogP contribution is 2.38. The van der Waals surface area contributed by atoms with Gasteiger partial charge in [0.25, 0.3) is 11.8 Å². The van der Waals surface area contributed by atoms with Gasteiger partial charge in [0.15, 0.2) is 0 Å². The first-order valence-electron chi connectivity index (χ1n) is 21.5. The number of ether oxygens (including phenoxy) is 1. The summed E-state index contributed by atoms with van der Waals surface area (Å²) in [4.78, 5) is 65.0. The number of esters is 1. The number of aryl methyl sites for hydroxylation is 1. The molecule has 17 nitrogen and oxygen atoms in total. The maximum atomic E-state index is 13.0. The number of aromatic nitrogens is 4. The number of hydrogen-bond donors (Lipinski definition) is 4. The maximum absolute atomic E-state index is 13.0. The second-order valence-electron chi connectivity index (χ2n) is 16.8. The van der Waals surface area contributed by atoms with Crippen molar-refractivity contribution in [1.29, 1.82) is 0 Å². The fourth-order valence-corrected chi connectivity index (χ4v) is 8.56. The Morgan fingerprint density at radius 2 is 1.75 bits per heavy atom. The lowest BCUT2D eigenvalue weighted by atomic mass is 9.95. The summed E-state index contributed by atoms with van der Waals surface area (Å²) in [6.45, 7) is 8.90. The third kappa shape index (κ3) is 9.07. The zero-order chi connectivity index (χ0) is 44.4. The molecule has 2 aromatic heterocycles. The van der Waals surface area contributed by atoms with Crippen LogP contribution >= 0.6 is 0 Å². The van der Waals surface area contributed by atoms with Crippen molar-refractivity contribution in [1.82, 2.24) is 40.2 Å². The number of fused-ring (bicyclic) bond motifs is 2. The highest BCUT2D eigenvalue weighted by Gasteiger charge is 2.40. The number of carbonyl (C=O) groups is 4. The van der Waals surface area contributed by atoms with Gasteiger partial charge in [0, 0.05) is 74.1 Å². The number of piperidine rings is 1. The van der Waals surface area contributed by atoms with Gasteiger partial charge in [-0.2, -0.15) is 4.98 Å². The van der Waals surface area contributed by atoms with E-state index in [1.165, 1.54) is 0 Å². The topological polar surface area (TPSA) is 208 Å². The van der Waals surface area contributed by atoms with Crippen LogP contribution in [0.4, 0.5) is 17.5 Å². The molecule has 2 saturated heterocycles. The lowest BCUT2D eigenvalue weighted by molar-refractivity contribution is -0.136. The van der Waals surface area contributed by atoms with E-state index < -0.39 is 23.6 Å². The van der Waals surface area contributed by atoms with E-state index in [0.717, 1.165) is 61.4 Å². The first kappa shape index (κ1) is 42.3. The van der Waals surface area contributed by atoms with Gasteiger partial charge in [-0.25, -0.2) is 9.78 Å². The lowest BCUT2D eigenvalue weighted by Crippen LogP contribution is -2.52. The first-order chi connectivity index (χ1) is 31.0. The van der Waals surface area contributed by atoms with E-state index in [2.05, 4.69) is 52.8 Å². The molecule has 3 amide bonds. The van der Waals surface area contributed by atoms with Crippen LogP contribution in [0, 0.1) is 11.8 Å². The molecule has 4 N–H and O–H groups in total. The zero-order valence-electron chi connectivity index (χ0n) is 35.6. The third-order valence-corrected chi connectivity index (χ3v) is 12.1. The van der Waals surface area contributed by atoms with Crippen LogP contribution < -0.4 is 16.0 Å². The van der Waals surface area contributed by atoms with Gasteiger partial charge in [0.2, 0.25) is 23.7 Å². The van der Waals surface area contributed by atoms with Crippen molar-refractivity contribution in [2.24, 2.45) is 0 Å². The van der Waals surface area contributed by atoms with Crippen LogP contribution in [0.1, 0.15) is 88.0 Å². The molecular formula is C47H48N10O7. The number of imide groups is 1. The second-order valence-corrected chi connectivity index (χ2v) is 16.8. The molecule has 4 aliphatic heterocycles. The van der Waals surface area contributed by atoms with E-state index in [1.807, 2.05) is 62.4 Å². The fraction of sp³-hybridized carbons (Fsp3) is 0.362. The highest BCUT2D eigenvalue weighted by molar-refractivity contribution is 6.05. The fourth-order valence-electron chi connectivity index (χ4n) is 8.56. The van der Waals surface area contributed by atoms with Crippen LogP contribution in [0.15, 0.2) is 77.3 Å². The van der Waals surface area contributed by atoms with E-state index in [1.54, 1.807) is 29.3 Å². The minimum Gasteiger partial charge on any atom is -0.451 e. The van der Waals surface area contributed by atoms with Gasteiger partial charge in [0.1, 0.15) is 17.5 Å². The highest BCUT2D eigenvalue weighted by atomic mass is 16.6. The molecule has 2 fully saturated rings. The van der Waals surface area contributed by atoms with Gasteiger partial charge >= 0.3 is 5.97 Å². The number of rotatable bonds is 13. The summed E-state index contributed by atoms with van der Waals surface area (Å²) in [6.07, 6.45) is 3.57. The second kappa shape index (κ2) is 18.0. The average molecular weight is 865 g/mol. The normalized spacial score (nSPS) is 18.7. The zero-order valence-corrected chi connectivity index (χ0v) is 35.6. The molecule has 17 heteroatoms. The summed E-state index contributed by atoms with van der Waals surface area (Å²) in [7, 11) is 0. The standard InChI is InChI=1S/C47H48N10O7/c1-47(2)36-25-32(13-15-34(36)45(62)64-47)49-46-48-26-35(41(52-46)50-37(28-58)30-9-4-3-5-10-30)43-54-53-40(63-43)11-7-19-56-22-20-55(21-23-56)18-6-8-29-12-14-33-31(24-29)27-57(44(33)61)38-16-17-39(59)51-42(38)60/h3-5,9-10,12-15,24-26,37-38,58H,7,11,16-23,27-28H2,1-2H3,(H,51,59,60)(H2,48,49,50,52)/t37-,38?/m1/s1. The Labute approximate surface area is 369 Å². The molecule has 0 aliphatic carbocycles. The van der Waals surface area contributed by atoms with Gasteiger partial charge in [-0.05, 0) is 80.8 Å². The summed E-state index contributed by atoms with van der Waals surface area (Å²) in [5.41, 5.74) is 4.79. The molecule has 3 aromatic carbocycles. The van der Waals surface area contributed by atoms with E-state index >= 15 is 0 Å². The smallest absolute Gasteiger partial charge is 0.339 e. The van der Waals surface area contributed by atoms with Crippen LogP contribution in [-0.4, -0.2) is 116 Å². The minimum absolute atomic E-state index is 0.192. The molecule has 0 spiro atoms. The van der Waals surface area contributed by atoms with Gasteiger partial charge in [-0.15, -0.1) is 10.2 Å². The van der Waals surface area contributed by atoms with Crippen molar-refractivity contribution >= 4 is 41.1 Å². The Morgan fingerprint density at radius 3 is 2.55 bits per heavy atom. The third-order valence-electron chi connectivity index (χ3n) is 12.1. The van der Waals surface area contributed by atoms with Crippen molar-refractivity contribution in [3.63, 3.8) is 0 Å². The molecular weight excluding hydrogens is 817 g/mol. The van der Waals surface area contributed by atoms with Crippen LogP contribution in [0.2, 0.25) is 0 Å². The Kier molecular flexibility index (Phi) is 11.9. The predicted molar refractivity (Wildman–Crippen MR) is 234 cm³/mol. The van der Waals surface area contributed by atoms with E-state index in [0.29, 0.717) is 60.0 Å². The minimum atomic E-state index is -0.765. The first-order valence-corrected chi connectivity index (χ1v) is 21.5. The number of nitrogens with one attached hydrogen (secondary N) is 3. The van der Waals surface area contributed by atoms with Gasteiger partial charge in [-0.3, -0.25) is 24.6 Å². The average Bonchev–Trinajstić information content (AvgIpc) is 3.96. The van der Waals surface area contributed by atoms with Crippen LogP contribution in [-0.2, 0) is 32.9 Å². The monoisotopic (exact) mass is 864 g/mol. The van der Waals surface area contributed by atoms with Crippen molar-refractivity contribution < 1.29 is 33.4 Å². The summed E-state index contributed by atoms with van der Waals surface area (Å²) in [5.74, 6) is 6.69. The van der Waals surface area contributed by atoms with Crippen molar-refractivity contribution in [3.8, 4) is 23.3 Å². The number of aliphatic hydroxyl groups excluding tert-OH is 1. The number of cyclic esters (lactones) is 1. The molecule has 4 aliphatic rings. The molecule has 5 aromatic rings. The van der Waals surface area contributed by atoms with E-state index in [-0.39, 0.29) is 42.7 Å². The molecule has 2 atom stereocenters. The van der Waals surface area contributed by atoms with Crippen molar-refractivity contribution in [2.75, 3.05) is 56.5 Å². The quantitative estimate of drug-likeness (QED) is 0.0744. The molecule has 0 saturated carbocycles. The van der Waals surface area contributed by atoms with E-state index in [9.17, 15) is 24.3 Å². The summed E-state index contributed by atoms with van der Waals surface area (Å²) in [6, 6.07) is 19.4. The molecule has 6 heterocycles. The summed E-state index contributed by atoms with van der Waals surface area (Å²) < 4.78 is 11.7. The van der Waals surface area contributed by atoms with Gasteiger partial charge in [0.05, 0.1) is 30.3 Å². The van der Waals surface area contributed by atoms with Gasteiger partial charge in [-0.1, -0.05) is 42.2 Å². The Hall–Kier alpha value is -7.00. The lowest BCUT2D eigenvalue weighted by Gasteiger charge is -2.33. The molecule has 0 bridgehead atoms. The molecule has 64 heavy (non-hydrogen) atoms. The summed E-state index contributed by atoms with van der Waals surface area (Å²) in [5, 5.41) is 28.1. The Morgan fingerprint density at radius 1 is 0.953 bits per heavy atom. The SMILES string of the molecule is CC1(C)OC(=O)c2ccc(Nc3ncc(-c4nnc(CCCN5CCN(CC#Cc6ccc7c(c6)CN(C6CCC(=O)NC6=O)C7=O)CC5)o4)c(N[C@H](CO)c4ccccc4)n3)cc21. The number of amides is 3. The number of benzene rings is 3. The molecule has 1 unspecified atom stereocenters. The number of anilines is 3. The maximum Gasteiger partial charge on any atom is 0.339 e. The molecule has 9 rings (SSSR count). The van der Waals surface area contributed by atoms with Crippen LogP contribution in [0.5, 0.6) is 0 Å². The number of piperazine rings is 1. The largest absolute Gasteiger partial charge is 0.451 e. The Balaban J connectivity index is 0.785. The number of hydrogen-bond acceptors (Lipinski definition) is 15. The van der Waals surface area contributed by atoms with Crippen LogP contribution in [0.25, 0.3) is 11.5 Å². The van der Waals surface area contributed by atoms with Crippen molar-refractivity contribution in [2.45, 2.75) is 63.8 Å². The number of aliphatic hydroxyl groups is 1. The van der Waals surface area contributed by atoms with E-state index in [4.69, 9.17) is 14.1 Å². The number of nitrogens with zero attached hydrogens (tertiary/aromatic N) is 7. The number of carbonyl (C=O) groups excluding carboxylic acids is 4. The molecule has 0 radical (unpaired) electrons. The predicted octanol–water partition coefficient (Wildman–Crippen LogP) is 4.18. The van der Waals surface area contributed by atoms with Gasteiger partial charge < -0.3 is 34.7 Å². The van der Waals surface area contributed by atoms with Crippen molar-refractivity contribution in [3.05, 3.63) is 112 Å². The van der Waals surface area contributed by atoms with Crippen LogP contribution in [0.3, 0.4) is 0 Å².